The number of likely N-dealkylation sites (tertiary alicyclic amines) is 1. The van der Waals surface area contributed by atoms with Gasteiger partial charge < -0.3 is 9.80 Å². The van der Waals surface area contributed by atoms with Crippen LogP contribution in [-0.2, 0) is 0 Å². The average molecular weight is 325 g/mol. The quantitative estimate of drug-likeness (QED) is 0.851. The monoisotopic (exact) mass is 325 g/mol. The van der Waals surface area contributed by atoms with Crippen molar-refractivity contribution in [2.75, 3.05) is 31.1 Å². The molecule has 0 atom stereocenters. The van der Waals surface area contributed by atoms with Gasteiger partial charge in [-0.05, 0) is 69.2 Å². The molecule has 2 aromatic rings. The van der Waals surface area contributed by atoms with Crippen molar-refractivity contribution in [3.05, 3.63) is 24.5 Å². The Bertz CT molecular complexity index is 701. The molecule has 3 fully saturated rings. The lowest BCUT2D eigenvalue weighted by molar-refractivity contribution is 0.0305. The SMILES string of the molecule is c1cn2nc(N3CCC4(CC3)CCN(C3CCC3)CC4)ccc2n1. The standard InChI is InChI=1S/C19H27N5/c1-2-16(3-1)22-11-6-19(7-12-22)8-13-23(14-9-19)18-5-4-17-20-10-15-24(17)21-18/h4-5,10,15-16H,1-3,6-9,11-14H2. The van der Waals surface area contributed by atoms with E-state index in [0.29, 0.717) is 5.41 Å². The van der Waals surface area contributed by atoms with E-state index in [1.165, 1.54) is 58.0 Å². The van der Waals surface area contributed by atoms with Gasteiger partial charge in [-0.25, -0.2) is 9.50 Å². The third-order valence-electron chi connectivity index (χ3n) is 6.84. The Morgan fingerprint density at radius 1 is 0.958 bits per heavy atom. The molecule has 2 aliphatic heterocycles. The van der Waals surface area contributed by atoms with Crippen molar-refractivity contribution < 1.29 is 0 Å². The maximum Gasteiger partial charge on any atom is 0.153 e. The molecule has 0 bridgehead atoms. The van der Waals surface area contributed by atoms with Crippen LogP contribution in [0.2, 0.25) is 0 Å². The second-order valence-corrected chi connectivity index (χ2v) is 8.03. The first-order valence-electron chi connectivity index (χ1n) is 9.61. The normalized spacial score (nSPS) is 25.2. The van der Waals surface area contributed by atoms with Gasteiger partial charge in [-0.2, -0.15) is 0 Å². The minimum absolute atomic E-state index is 0.607. The fourth-order valence-electron chi connectivity index (χ4n) is 4.80. The molecule has 1 aliphatic carbocycles. The van der Waals surface area contributed by atoms with Crippen LogP contribution in [0.3, 0.4) is 0 Å². The van der Waals surface area contributed by atoms with Crippen LogP contribution in [-0.4, -0.2) is 51.7 Å². The molecule has 3 aliphatic rings. The minimum Gasteiger partial charge on any atom is -0.355 e. The summed E-state index contributed by atoms with van der Waals surface area (Å²) in [5.41, 5.74) is 1.53. The van der Waals surface area contributed by atoms with Crippen LogP contribution in [0.25, 0.3) is 5.65 Å². The predicted octanol–water partition coefficient (Wildman–Crippen LogP) is 2.96. The molecule has 0 radical (unpaired) electrons. The van der Waals surface area contributed by atoms with E-state index in [4.69, 9.17) is 5.10 Å². The van der Waals surface area contributed by atoms with Gasteiger partial charge in [-0.15, -0.1) is 5.10 Å². The summed E-state index contributed by atoms with van der Waals surface area (Å²) in [6.45, 7) is 4.97. The summed E-state index contributed by atoms with van der Waals surface area (Å²) < 4.78 is 1.89. The zero-order valence-corrected chi connectivity index (χ0v) is 14.4. The Kier molecular flexibility index (Phi) is 3.51. The van der Waals surface area contributed by atoms with Gasteiger partial charge in [-0.3, -0.25) is 0 Å². The Labute approximate surface area is 143 Å². The van der Waals surface area contributed by atoms with Crippen LogP contribution < -0.4 is 4.90 Å². The molecule has 0 aromatic carbocycles. The number of rotatable bonds is 2. The topological polar surface area (TPSA) is 36.7 Å². The molecule has 5 rings (SSSR count). The van der Waals surface area contributed by atoms with E-state index >= 15 is 0 Å². The molecule has 128 valence electrons. The Morgan fingerprint density at radius 3 is 2.42 bits per heavy atom. The van der Waals surface area contributed by atoms with Crippen molar-refractivity contribution in [3.8, 4) is 0 Å². The fraction of sp³-hybridized carbons (Fsp3) is 0.684. The molecular weight excluding hydrogens is 298 g/mol. The Balaban J connectivity index is 1.22. The second kappa shape index (κ2) is 5.73. The predicted molar refractivity (Wildman–Crippen MR) is 95.3 cm³/mol. The lowest BCUT2D eigenvalue weighted by atomic mass is 9.70. The van der Waals surface area contributed by atoms with E-state index in [1.807, 2.05) is 16.9 Å². The molecule has 2 saturated heterocycles. The van der Waals surface area contributed by atoms with E-state index in [9.17, 15) is 0 Å². The molecule has 0 unspecified atom stereocenters. The molecule has 5 nitrogen and oxygen atoms in total. The Morgan fingerprint density at radius 2 is 1.71 bits per heavy atom. The molecule has 0 N–H and O–H groups in total. The highest BCUT2D eigenvalue weighted by molar-refractivity contribution is 5.46. The summed E-state index contributed by atoms with van der Waals surface area (Å²) in [6.07, 6.45) is 13.6. The van der Waals surface area contributed by atoms with E-state index < -0.39 is 0 Å². The highest BCUT2D eigenvalue weighted by Crippen LogP contribution is 2.43. The van der Waals surface area contributed by atoms with Crippen LogP contribution in [0, 0.1) is 5.41 Å². The van der Waals surface area contributed by atoms with Gasteiger partial charge >= 0.3 is 0 Å². The second-order valence-electron chi connectivity index (χ2n) is 8.03. The molecule has 1 saturated carbocycles. The lowest BCUT2D eigenvalue weighted by Gasteiger charge is -2.50. The van der Waals surface area contributed by atoms with E-state index in [0.717, 1.165) is 30.6 Å². The summed E-state index contributed by atoms with van der Waals surface area (Å²) >= 11 is 0. The molecule has 1 spiro atoms. The average Bonchev–Trinajstić information content (AvgIpc) is 3.04. The van der Waals surface area contributed by atoms with Crippen molar-refractivity contribution in [3.63, 3.8) is 0 Å². The molecule has 24 heavy (non-hydrogen) atoms. The third kappa shape index (κ3) is 2.50. The number of fused-ring (bicyclic) bond motifs is 1. The largest absolute Gasteiger partial charge is 0.355 e. The van der Waals surface area contributed by atoms with Crippen LogP contribution in [0.15, 0.2) is 24.5 Å². The highest BCUT2D eigenvalue weighted by Gasteiger charge is 2.39. The summed E-state index contributed by atoms with van der Waals surface area (Å²) in [5.74, 6) is 1.10. The number of piperidine rings is 2. The number of nitrogens with zero attached hydrogens (tertiary/aromatic N) is 5. The number of aromatic nitrogens is 3. The van der Waals surface area contributed by atoms with E-state index in [1.54, 1.807) is 0 Å². The van der Waals surface area contributed by atoms with Gasteiger partial charge in [-0.1, -0.05) is 6.42 Å². The zero-order valence-electron chi connectivity index (χ0n) is 14.4. The van der Waals surface area contributed by atoms with E-state index in [-0.39, 0.29) is 0 Å². The van der Waals surface area contributed by atoms with Crippen molar-refractivity contribution in [2.24, 2.45) is 5.41 Å². The summed E-state index contributed by atoms with van der Waals surface area (Å²) in [4.78, 5) is 9.52. The first-order chi connectivity index (χ1) is 11.8. The number of hydrogen-bond donors (Lipinski definition) is 0. The van der Waals surface area contributed by atoms with Crippen LogP contribution in [0.5, 0.6) is 0 Å². The van der Waals surface area contributed by atoms with Gasteiger partial charge in [0.05, 0.1) is 0 Å². The number of anilines is 1. The zero-order chi connectivity index (χ0) is 16.0. The maximum atomic E-state index is 4.72. The van der Waals surface area contributed by atoms with Crippen molar-refractivity contribution in [1.82, 2.24) is 19.5 Å². The minimum atomic E-state index is 0.607. The Hall–Kier alpha value is -1.62. The molecule has 0 amide bonds. The molecule has 2 aromatic heterocycles. The van der Waals surface area contributed by atoms with Crippen molar-refractivity contribution >= 4 is 11.5 Å². The van der Waals surface area contributed by atoms with Crippen LogP contribution >= 0.6 is 0 Å². The number of imidazole rings is 1. The molecule has 4 heterocycles. The molecular formula is C19H27N5. The van der Waals surface area contributed by atoms with Gasteiger partial charge in [0.15, 0.2) is 5.65 Å². The maximum absolute atomic E-state index is 4.72. The highest BCUT2D eigenvalue weighted by atomic mass is 15.3. The van der Waals surface area contributed by atoms with Crippen molar-refractivity contribution in [2.45, 2.75) is 51.0 Å². The first kappa shape index (κ1) is 14.7. The lowest BCUT2D eigenvalue weighted by Crippen LogP contribution is -2.51. The van der Waals surface area contributed by atoms with Gasteiger partial charge in [0.25, 0.3) is 0 Å². The van der Waals surface area contributed by atoms with E-state index in [2.05, 4.69) is 26.9 Å². The smallest absolute Gasteiger partial charge is 0.153 e. The van der Waals surface area contributed by atoms with Gasteiger partial charge in [0, 0.05) is 31.5 Å². The number of hydrogen-bond acceptors (Lipinski definition) is 4. The summed E-state index contributed by atoms with van der Waals surface area (Å²) in [6, 6.07) is 5.12. The van der Waals surface area contributed by atoms with Crippen LogP contribution in [0.4, 0.5) is 5.82 Å². The van der Waals surface area contributed by atoms with Gasteiger partial charge in [0.2, 0.25) is 0 Å². The third-order valence-corrected chi connectivity index (χ3v) is 6.84. The molecule has 5 heteroatoms. The van der Waals surface area contributed by atoms with Crippen molar-refractivity contribution in [1.29, 1.82) is 0 Å². The fourth-order valence-corrected chi connectivity index (χ4v) is 4.80. The summed E-state index contributed by atoms with van der Waals surface area (Å²) in [7, 11) is 0. The van der Waals surface area contributed by atoms with Gasteiger partial charge in [0.1, 0.15) is 5.82 Å². The first-order valence-corrected chi connectivity index (χ1v) is 9.61. The summed E-state index contributed by atoms with van der Waals surface area (Å²) in [5, 5.41) is 4.72. The van der Waals surface area contributed by atoms with Crippen LogP contribution in [0.1, 0.15) is 44.9 Å².